The molecule has 1 saturated carbocycles. The predicted octanol–water partition coefficient (Wildman–Crippen LogP) is 2.28. The Kier molecular flexibility index (Phi) is 4.52. The molecule has 0 aliphatic heterocycles. The lowest BCUT2D eigenvalue weighted by atomic mass is 10.0. The van der Waals surface area contributed by atoms with E-state index in [0.29, 0.717) is 13.2 Å². The third kappa shape index (κ3) is 3.75. The fraction of sp³-hybridized carbons (Fsp3) is 0.500. The normalized spacial score (nSPS) is 15.5. The molecule has 0 radical (unpaired) electrons. The topological polar surface area (TPSA) is 81.5 Å². The highest BCUT2D eigenvalue weighted by atomic mass is 19.1. The number of hydrogen-bond acceptors (Lipinski definition) is 4. The van der Waals surface area contributed by atoms with E-state index >= 15 is 0 Å². The minimum absolute atomic E-state index is 0.0839. The second-order valence-electron chi connectivity index (χ2n) is 5.35. The molecule has 6 nitrogen and oxygen atoms in total. The molecule has 0 unspecified atom stereocenters. The van der Waals surface area contributed by atoms with Gasteiger partial charge in [-0.2, -0.15) is 4.39 Å². The first-order valence-corrected chi connectivity index (χ1v) is 6.68. The van der Waals surface area contributed by atoms with Crippen LogP contribution in [-0.2, 0) is 4.74 Å². The number of halogens is 1. The zero-order valence-electron chi connectivity index (χ0n) is 11.7. The monoisotopic (exact) mass is 296 g/mol. The van der Waals surface area contributed by atoms with Crippen LogP contribution in [0.1, 0.15) is 29.6 Å². The standard InChI is InChI=1S/C14H17FN2O4/c1-21-7-6-14(4-5-14)9-16-13(18)10-2-3-12(17(19)20)11(15)8-10/h2-3,8H,4-7,9H2,1H3,(H,16,18). The summed E-state index contributed by atoms with van der Waals surface area (Å²) in [5, 5.41) is 13.3. The van der Waals surface area contributed by atoms with E-state index in [9.17, 15) is 19.3 Å². The average molecular weight is 296 g/mol. The van der Waals surface area contributed by atoms with Crippen LogP contribution in [-0.4, -0.2) is 31.1 Å². The zero-order chi connectivity index (χ0) is 15.5. The van der Waals surface area contributed by atoms with Crippen LogP contribution in [0.5, 0.6) is 0 Å². The van der Waals surface area contributed by atoms with Crippen molar-refractivity contribution in [3.05, 3.63) is 39.7 Å². The Hall–Kier alpha value is -2.02. The van der Waals surface area contributed by atoms with Crippen LogP contribution in [0, 0.1) is 21.3 Å². The number of nitrogens with one attached hydrogen (secondary N) is 1. The first kappa shape index (κ1) is 15.4. The lowest BCUT2D eigenvalue weighted by Crippen LogP contribution is -2.30. The number of carbonyl (C=O) groups is 1. The fourth-order valence-corrected chi connectivity index (χ4v) is 2.18. The zero-order valence-corrected chi connectivity index (χ0v) is 11.7. The van der Waals surface area contributed by atoms with Crippen molar-refractivity contribution in [2.24, 2.45) is 5.41 Å². The van der Waals surface area contributed by atoms with Crippen molar-refractivity contribution in [2.75, 3.05) is 20.3 Å². The van der Waals surface area contributed by atoms with E-state index in [0.717, 1.165) is 31.4 Å². The summed E-state index contributed by atoms with van der Waals surface area (Å²) in [6.07, 6.45) is 2.94. The van der Waals surface area contributed by atoms with Crippen molar-refractivity contribution in [3.8, 4) is 0 Å². The van der Waals surface area contributed by atoms with Crippen LogP contribution in [0.15, 0.2) is 18.2 Å². The molecule has 1 N–H and O–H groups in total. The number of rotatable bonds is 7. The summed E-state index contributed by atoms with van der Waals surface area (Å²) in [7, 11) is 1.63. The second kappa shape index (κ2) is 6.17. The van der Waals surface area contributed by atoms with Gasteiger partial charge < -0.3 is 10.1 Å². The molecule has 1 aromatic carbocycles. The predicted molar refractivity (Wildman–Crippen MR) is 73.5 cm³/mol. The van der Waals surface area contributed by atoms with Crippen LogP contribution in [0.25, 0.3) is 0 Å². The molecule has 114 valence electrons. The average Bonchev–Trinajstić information content (AvgIpc) is 3.22. The van der Waals surface area contributed by atoms with Gasteiger partial charge in [-0.25, -0.2) is 0 Å². The quantitative estimate of drug-likeness (QED) is 0.618. The molecule has 21 heavy (non-hydrogen) atoms. The Balaban J connectivity index is 1.95. The highest BCUT2D eigenvalue weighted by Crippen LogP contribution is 2.48. The Labute approximate surface area is 121 Å². The highest BCUT2D eigenvalue weighted by molar-refractivity contribution is 5.94. The number of amides is 1. The van der Waals surface area contributed by atoms with Crippen molar-refractivity contribution in [2.45, 2.75) is 19.3 Å². The number of ether oxygens (including phenoxy) is 1. The molecule has 0 spiro atoms. The van der Waals surface area contributed by atoms with Crippen LogP contribution in [0.2, 0.25) is 0 Å². The summed E-state index contributed by atoms with van der Waals surface area (Å²) in [5.41, 5.74) is -0.462. The molecule has 7 heteroatoms. The summed E-state index contributed by atoms with van der Waals surface area (Å²) >= 11 is 0. The molecule has 1 fully saturated rings. The fourth-order valence-electron chi connectivity index (χ4n) is 2.18. The van der Waals surface area contributed by atoms with Crippen molar-refractivity contribution >= 4 is 11.6 Å². The molecule has 1 amide bonds. The largest absolute Gasteiger partial charge is 0.385 e. The number of nitro benzene ring substituents is 1. The summed E-state index contributed by atoms with van der Waals surface area (Å²) in [5.74, 6) is -1.43. The molecular weight excluding hydrogens is 279 g/mol. The van der Waals surface area contributed by atoms with E-state index in [1.54, 1.807) is 7.11 Å². The second-order valence-corrected chi connectivity index (χ2v) is 5.35. The van der Waals surface area contributed by atoms with Crippen LogP contribution < -0.4 is 5.32 Å². The van der Waals surface area contributed by atoms with Crippen LogP contribution >= 0.6 is 0 Å². The molecule has 0 aromatic heterocycles. The minimum atomic E-state index is -1.01. The van der Waals surface area contributed by atoms with Gasteiger partial charge in [-0.05, 0) is 36.8 Å². The minimum Gasteiger partial charge on any atom is -0.385 e. The molecule has 0 atom stereocenters. The van der Waals surface area contributed by atoms with Crippen LogP contribution in [0.4, 0.5) is 10.1 Å². The summed E-state index contributed by atoms with van der Waals surface area (Å²) in [4.78, 5) is 21.7. The van der Waals surface area contributed by atoms with Gasteiger partial charge in [-0.3, -0.25) is 14.9 Å². The van der Waals surface area contributed by atoms with E-state index in [1.807, 2.05) is 0 Å². The van der Waals surface area contributed by atoms with Crippen molar-refractivity contribution in [1.29, 1.82) is 0 Å². The SMILES string of the molecule is COCCC1(CNC(=O)c2ccc([N+](=O)[O-])c(F)c2)CC1. The number of carbonyl (C=O) groups excluding carboxylic acids is 1. The smallest absolute Gasteiger partial charge is 0.304 e. The molecule has 1 aliphatic carbocycles. The van der Waals surface area contributed by atoms with Gasteiger partial charge in [-0.1, -0.05) is 0 Å². The van der Waals surface area contributed by atoms with E-state index in [4.69, 9.17) is 4.74 Å². The number of benzene rings is 1. The summed E-state index contributed by atoms with van der Waals surface area (Å²) < 4.78 is 18.5. The molecule has 0 heterocycles. The maximum Gasteiger partial charge on any atom is 0.304 e. The third-order valence-electron chi connectivity index (χ3n) is 3.82. The van der Waals surface area contributed by atoms with E-state index < -0.39 is 22.3 Å². The van der Waals surface area contributed by atoms with E-state index in [2.05, 4.69) is 5.32 Å². The number of hydrogen-bond donors (Lipinski definition) is 1. The lowest BCUT2D eigenvalue weighted by Gasteiger charge is -2.15. The number of nitro groups is 1. The molecule has 1 aliphatic rings. The molecular formula is C14H17FN2O4. The highest BCUT2D eigenvalue weighted by Gasteiger charge is 2.42. The van der Waals surface area contributed by atoms with E-state index in [-0.39, 0.29) is 11.0 Å². The molecule has 0 saturated heterocycles. The Bertz CT molecular complexity index is 558. The van der Waals surface area contributed by atoms with Crippen molar-refractivity contribution < 1.29 is 18.8 Å². The van der Waals surface area contributed by atoms with Gasteiger partial charge in [-0.15, -0.1) is 0 Å². The van der Waals surface area contributed by atoms with Gasteiger partial charge >= 0.3 is 5.69 Å². The Morgan fingerprint density at radius 1 is 1.52 bits per heavy atom. The molecule has 0 bridgehead atoms. The molecule has 1 aromatic rings. The first-order chi connectivity index (χ1) is 9.97. The number of methoxy groups -OCH3 is 1. The van der Waals surface area contributed by atoms with Crippen LogP contribution in [0.3, 0.4) is 0 Å². The van der Waals surface area contributed by atoms with Gasteiger partial charge in [0.2, 0.25) is 5.82 Å². The number of nitrogens with zero attached hydrogens (tertiary/aromatic N) is 1. The van der Waals surface area contributed by atoms with Gasteiger partial charge in [0.25, 0.3) is 5.91 Å². The third-order valence-corrected chi connectivity index (χ3v) is 3.82. The van der Waals surface area contributed by atoms with E-state index in [1.165, 1.54) is 6.07 Å². The van der Waals surface area contributed by atoms with Gasteiger partial charge in [0, 0.05) is 31.9 Å². The Morgan fingerprint density at radius 2 is 2.24 bits per heavy atom. The maximum atomic E-state index is 13.5. The van der Waals surface area contributed by atoms with Crippen molar-refractivity contribution in [3.63, 3.8) is 0 Å². The van der Waals surface area contributed by atoms with Gasteiger partial charge in [0.15, 0.2) is 0 Å². The first-order valence-electron chi connectivity index (χ1n) is 6.68. The summed E-state index contributed by atoms with van der Waals surface area (Å²) in [6, 6.07) is 3.15. The van der Waals surface area contributed by atoms with Crippen molar-refractivity contribution in [1.82, 2.24) is 5.32 Å². The van der Waals surface area contributed by atoms with Gasteiger partial charge in [0.1, 0.15) is 0 Å². The summed E-state index contributed by atoms with van der Waals surface area (Å²) in [6.45, 7) is 1.15. The Morgan fingerprint density at radius 3 is 2.76 bits per heavy atom. The molecule has 2 rings (SSSR count). The lowest BCUT2D eigenvalue weighted by molar-refractivity contribution is -0.387. The maximum absolute atomic E-state index is 13.5. The van der Waals surface area contributed by atoms with Gasteiger partial charge in [0.05, 0.1) is 4.92 Å².